The Morgan fingerprint density at radius 1 is 1.13 bits per heavy atom. The number of aliphatic hydroxyl groups excluding tert-OH is 2. The Kier molecular flexibility index (Phi) is 4.84. The third kappa shape index (κ3) is 2.46. The van der Waals surface area contributed by atoms with Gasteiger partial charge >= 0.3 is 5.97 Å². The molecule has 3 saturated carbocycles. The molecule has 0 radical (unpaired) electrons. The van der Waals surface area contributed by atoms with E-state index in [2.05, 4.69) is 0 Å². The van der Waals surface area contributed by atoms with Gasteiger partial charge < -0.3 is 20.4 Å². The Hall–Kier alpha value is -1.57. The average molecular weight is 421 g/mol. The van der Waals surface area contributed by atoms with E-state index >= 15 is 0 Å². The van der Waals surface area contributed by atoms with Crippen LogP contribution in [0.5, 0.6) is 0 Å². The SMILES string of the molecule is C[C@]12CCC(=O)C=C1CC[C@H]1[C@@H]3CC[C@](O)(C(=O)CO)[C@@]3(C)C[C@H](O)[C@@]12CC(=O)O. The van der Waals surface area contributed by atoms with Crippen molar-refractivity contribution in [3.8, 4) is 0 Å². The van der Waals surface area contributed by atoms with E-state index in [0.717, 1.165) is 5.57 Å². The number of Topliss-reactive ketones (excluding diaryl/α,β-unsaturated/α-hetero) is 1. The van der Waals surface area contributed by atoms with Gasteiger partial charge in [0.25, 0.3) is 0 Å². The molecule has 0 aromatic rings. The van der Waals surface area contributed by atoms with Crippen LogP contribution in [0.3, 0.4) is 0 Å². The smallest absolute Gasteiger partial charge is 0.304 e. The molecular weight excluding hydrogens is 388 g/mol. The molecule has 30 heavy (non-hydrogen) atoms. The predicted molar refractivity (Wildman–Crippen MR) is 106 cm³/mol. The van der Waals surface area contributed by atoms with E-state index in [0.29, 0.717) is 32.1 Å². The Bertz CT molecular complexity index is 833. The lowest BCUT2D eigenvalue weighted by atomic mass is 9.37. The monoisotopic (exact) mass is 420 g/mol. The van der Waals surface area contributed by atoms with E-state index in [-0.39, 0.29) is 36.9 Å². The molecule has 0 aliphatic heterocycles. The van der Waals surface area contributed by atoms with E-state index in [1.54, 1.807) is 6.08 Å². The first kappa shape index (κ1) is 21.7. The number of hydrogen-bond acceptors (Lipinski definition) is 6. The Morgan fingerprint density at radius 3 is 2.47 bits per heavy atom. The first-order valence-corrected chi connectivity index (χ1v) is 11.0. The minimum atomic E-state index is -1.72. The van der Waals surface area contributed by atoms with Crippen molar-refractivity contribution < 1.29 is 34.8 Å². The second kappa shape index (κ2) is 6.71. The van der Waals surface area contributed by atoms with E-state index < -0.39 is 46.3 Å². The summed E-state index contributed by atoms with van der Waals surface area (Å²) in [6.07, 6.45) is 3.35. The van der Waals surface area contributed by atoms with Crippen molar-refractivity contribution in [3.63, 3.8) is 0 Å². The Balaban J connectivity index is 1.87. The van der Waals surface area contributed by atoms with Gasteiger partial charge in [-0.3, -0.25) is 14.4 Å². The molecule has 4 N–H and O–H groups in total. The third-order valence-electron chi connectivity index (χ3n) is 9.66. The van der Waals surface area contributed by atoms with Crippen LogP contribution < -0.4 is 0 Å². The molecular formula is C23H32O7. The molecule has 0 bridgehead atoms. The molecule has 0 unspecified atom stereocenters. The first-order valence-electron chi connectivity index (χ1n) is 11.0. The highest BCUT2D eigenvalue weighted by atomic mass is 16.4. The van der Waals surface area contributed by atoms with Gasteiger partial charge in [0.05, 0.1) is 12.5 Å². The van der Waals surface area contributed by atoms with Crippen LogP contribution in [0.25, 0.3) is 0 Å². The van der Waals surface area contributed by atoms with E-state index in [9.17, 15) is 34.8 Å². The molecule has 0 aromatic heterocycles. The number of allylic oxidation sites excluding steroid dienone is 1. The molecule has 0 amide bonds. The molecule has 7 heteroatoms. The van der Waals surface area contributed by atoms with Gasteiger partial charge in [-0.15, -0.1) is 0 Å². The minimum Gasteiger partial charge on any atom is -0.481 e. The highest BCUT2D eigenvalue weighted by Gasteiger charge is 2.73. The molecule has 166 valence electrons. The molecule has 0 spiro atoms. The third-order valence-corrected chi connectivity index (χ3v) is 9.66. The van der Waals surface area contributed by atoms with Crippen molar-refractivity contribution in [1.29, 1.82) is 0 Å². The second-order valence-electron chi connectivity index (χ2n) is 10.4. The van der Waals surface area contributed by atoms with Crippen molar-refractivity contribution in [2.45, 2.75) is 76.9 Å². The van der Waals surface area contributed by atoms with Crippen LogP contribution in [0.2, 0.25) is 0 Å². The number of hydrogen-bond donors (Lipinski definition) is 4. The molecule has 4 aliphatic rings. The Morgan fingerprint density at radius 2 is 1.83 bits per heavy atom. The van der Waals surface area contributed by atoms with Crippen molar-refractivity contribution in [2.24, 2.45) is 28.1 Å². The topological polar surface area (TPSA) is 132 Å². The average Bonchev–Trinajstić information content (AvgIpc) is 2.94. The lowest BCUT2D eigenvalue weighted by Crippen LogP contribution is -2.68. The molecule has 7 atom stereocenters. The first-order chi connectivity index (χ1) is 14.0. The fraction of sp³-hybridized carbons (Fsp3) is 0.783. The summed E-state index contributed by atoms with van der Waals surface area (Å²) in [5.74, 6) is -1.90. The fourth-order valence-electron chi connectivity index (χ4n) is 8.10. The summed E-state index contributed by atoms with van der Waals surface area (Å²) >= 11 is 0. The molecule has 4 aliphatic carbocycles. The van der Waals surface area contributed by atoms with Crippen LogP contribution >= 0.6 is 0 Å². The van der Waals surface area contributed by atoms with Gasteiger partial charge in [0.15, 0.2) is 11.6 Å². The fourth-order valence-corrected chi connectivity index (χ4v) is 8.10. The van der Waals surface area contributed by atoms with Crippen LogP contribution in [0.15, 0.2) is 11.6 Å². The normalized spacial score (nSPS) is 47.7. The standard InChI is InChI=1S/C23H32O7/c1-20-7-5-14(25)9-13(20)3-4-16-15-6-8-23(30,18(27)12-24)21(15,2)10-17(26)22(16,20)11-19(28)29/h9,15-17,24,26,30H,3-8,10-12H2,1-2H3,(H,28,29)/t15-,16-,17-,20-,21-,22+,23-/m0/s1. The largest absolute Gasteiger partial charge is 0.481 e. The minimum absolute atomic E-state index is 0.0466. The number of aliphatic hydroxyl groups is 3. The number of carboxylic acid groups (broad SMARTS) is 1. The van der Waals surface area contributed by atoms with Gasteiger partial charge in [0, 0.05) is 17.3 Å². The molecule has 0 aromatic carbocycles. The number of fused-ring (bicyclic) bond motifs is 5. The highest BCUT2D eigenvalue weighted by Crippen LogP contribution is 2.73. The predicted octanol–water partition coefficient (Wildman–Crippen LogP) is 1.63. The number of carboxylic acids is 1. The second-order valence-corrected chi connectivity index (χ2v) is 10.4. The lowest BCUT2D eigenvalue weighted by Gasteiger charge is -2.67. The zero-order valence-corrected chi connectivity index (χ0v) is 17.7. The van der Waals surface area contributed by atoms with Crippen molar-refractivity contribution in [2.75, 3.05) is 6.61 Å². The zero-order valence-electron chi connectivity index (χ0n) is 17.7. The maximum absolute atomic E-state index is 12.5. The lowest BCUT2D eigenvalue weighted by molar-refractivity contribution is -0.225. The van der Waals surface area contributed by atoms with Gasteiger partial charge in [-0.1, -0.05) is 19.4 Å². The van der Waals surface area contributed by atoms with Crippen molar-refractivity contribution in [1.82, 2.24) is 0 Å². The summed E-state index contributed by atoms with van der Waals surface area (Å²) in [5, 5.41) is 42.3. The number of carbonyl (C=O) groups excluding carboxylic acids is 2. The molecule has 0 saturated heterocycles. The summed E-state index contributed by atoms with van der Waals surface area (Å²) in [7, 11) is 0. The summed E-state index contributed by atoms with van der Waals surface area (Å²) in [4.78, 5) is 36.7. The number of aliphatic carboxylic acids is 1. The number of rotatable bonds is 4. The summed E-state index contributed by atoms with van der Waals surface area (Å²) < 4.78 is 0. The van der Waals surface area contributed by atoms with Gasteiger partial charge in [-0.2, -0.15) is 0 Å². The number of ketones is 2. The zero-order chi connectivity index (χ0) is 22.1. The van der Waals surface area contributed by atoms with Gasteiger partial charge in [0.1, 0.15) is 12.2 Å². The van der Waals surface area contributed by atoms with E-state index in [1.165, 1.54) is 0 Å². The van der Waals surface area contributed by atoms with Crippen LogP contribution in [-0.2, 0) is 14.4 Å². The molecule has 7 nitrogen and oxygen atoms in total. The maximum atomic E-state index is 12.5. The number of carbonyl (C=O) groups is 3. The molecule has 0 heterocycles. The van der Waals surface area contributed by atoms with Crippen molar-refractivity contribution in [3.05, 3.63) is 11.6 Å². The quantitative estimate of drug-likeness (QED) is 0.543. The van der Waals surface area contributed by atoms with Gasteiger partial charge in [-0.05, 0) is 61.9 Å². The van der Waals surface area contributed by atoms with E-state index in [4.69, 9.17) is 0 Å². The van der Waals surface area contributed by atoms with Crippen LogP contribution in [-0.4, -0.2) is 56.3 Å². The summed E-state index contributed by atoms with van der Waals surface area (Å²) in [5.41, 5.74) is -3.30. The van der Waals surface area contributed by atoms with E-state index in [1.807, 2.05) is 13.8 Å². The van der Waals surface area contributed by atoms with Crippen LogP contribution in [0, 0.1) is 28.1 Å². The molecule has 3 fully saturated rings. The maximum Gasteiger partial charge on any atom is 0.304 e. The van der Waals surface area contributed by atoms with Gasteiger partial charge in [0.2, 0.25) is 0 Å². The van der Waals surface area contributed by atoms with Crippen LogP contribution in [0.1, 0.15) is 65.2 Å². The van der Waals surface area contributed by atoms with Gasteiger partial charge in [-0.25, -0.2) is 0 Å². The molecule has 4 rings (SSSR count). The Labute approximate surface area is 176 Å². The summed E-state index contributed by atoms with van der Waals surface area (Å²) in [6, 6.07) is 0. The van der Waals surface area contributed by atoms with Crippen molar-refractivity contribution >= 4 is 17.5 Å². The summed E-state index contributed by atoms with van der Waals surface area (Å²) in [6.45, 7) is 3.04. The highest BCUT2D eigenvalue weighted by molar-refractivity contribution is 5.92. The van der Waals surface area contributed by atoms with Crippen LogP contribution in [0.4, 0.5) is 0 Å².